The van der Waals surface area contributed by atoms with Crippen molar-refractivity contribution in [2.75, 3.05) is 0 Å². The number of terminal acetylenes is 1. The molecular weight excluding hydrogens is 292 g/mol. The van der Waals surface area contributed by atoms with E-state index >= 15 is 0 Å². The summed E-state index contributed by atoms with van der Waals surface area (Å²) in [5.41, 5.74) is 1.27. The van der Waals surface area contributed by atoms with Gasteiger partial charge < -0.3 is 5.11 Å². The van der Waals surface area contributed by atoms with Gasteiger partial charge >= 0.3 is 0 Å². The van der Waals surface area contributed by atoms with Gasteiger partial charge in [0.25, 0.3) is 5.91 Å². The van der Waals surface area contributed by atoms with E-state index in [1.165, 1.54) is 10.8 Å². The van der Waals surface area contributed by atoms with Crippen LogP contribution in [0, 0.1) is 12.3 Å². The van der Waals surface area contributed by atoms with Crippen molar-refractivity contribution in [3.05, 3.63) is 54.4 Å². The molecule has 112 valence electrons. The van der Waals surface area contributed by atoms with Crippen LogP contribution in [0.25, 0.3) is 10.9 Å². The normalized spacial score (nSPS) is 10.9. The molecule has 0 aliphatic rings. The quantitative estimate of drug-likeness (QED) is 0.595. The third-order valence-electron chi connectivity index (χ3n) is 3.32. The standard InChI is InChI=1S/C17H12N4O2/c1-2-10-21-14-8-4-3-7-13(14)15(17(21)23)19-20-16(22)12-6-5-9-18-11-12/h1,3-9,11,23H,10H2. The number of fused-ring (bicyclic) bond motifs is 1. The fourth-order valence-electron chi connectivity index (χ4n) is 2.26. The van der Waals surface area contributed by atoms with Crippen LogP contribution in [0.15, 0.2) is 59.0 Å². The molecule has 0 aliphatic carbocycles. The molecule has 0 unspecified atom stereocenters. The van der Waals surface area contributed by atoms with Crippen molar-refractivity contribution in [2.45, 2.75) is 6.54 Å². The lowest BCUT2D eigenvalue weighted by Gasteiger charge is -2.00. The number of para-hydroxylation sites is 1. The van der Waals surface area contributed by atoms with Gasteiger partial charge in [0, 0.05) is 17.8 Å². The number of hydrogen-bond donors (Lipinski definition) is 1. The molecular formula is C17H12N4O2. The SMILES string of the molecule is C#CCn1c(O)c(N=NC(=O)c2cccnc2)c2ccccc21. The van der Waals surface area contributed by atoms with Crippen molar-refractivity contribution in [1.82, 2.24) is 9.55 Å². The highest BCUT2D eigenvalue weighted by Gasteiger charge is 2.16. The van der Waals surface area contributed by atoms with Gasteiger partial charge in [-0.1, -0.05) is 24.1 Å². The second kappa shape index (κ2) is 6.12. The Labute approximate surface area is 132 Å². The number of pyridine rings is 1. The third kappa shape index (κ3) is 2.68. The van der Waals surface area contributed by atoms with Crippen LogP contribution in [-0.4, -0.2) is 20.6 Å². The minimum atomic E-state index is -0.536. The number of aromatic nitrogens is 2. The van der Waals surface area contributed by atoms with Crippen molar-refractivity contribution in [3.63, 3.8) is 0 Å². The fraction of sp³-hybridized carbons (Fsp3) is 0.0588. The number of carbonyl (C=O) groups is 1. The maximum absolute atomic E-state index is 12.0. The van der Waals surface area contributed by atoms with Gasteiger partial charge in [-0.2, -0.15) is 0 Å². The van der Waals surface area contributed by atoms with Gasteiger partial charge in [0.2, 0.25) is 5.88 Å². The molecule has 6 nitrogen and oxygen atoms in total. The zero-order valence-corrected chi connectivity index (χ0v) is 12.0. The monoisotopic (exact) mass is 304 g/mol. The summed E-state index contributed by atoms with van der Waals surface area (Å²) in [5, 5.41) is 18.6. The van der Waals surface area contributed by atoms with Gasteiger partial charge in [0.05, 0.1) is 17.6 Å². The number of aromatic hydroxyl groups is 1. The Morgan fingerprint density at radius 2 is 2.13 bits per heavy atom. The molecule has 23 heavy (non-hydrogen) atoms. The molecule has 0 spiro atoms. The lowest BCUT2D eigenvalue weighted by Crippen LogP contribution is -1.94. The number of hydrogen-bond acceptors (Lipinski definition) is 4. The van der Waals surface area contributed by atoms with E-state index in [2.05, 4.69) is 21.1 Å². The van der Waals surface area contributed by atoms with Crippen LogP contribution >= 0.6 is 0 Å². The molecule has 1 aromatic carbocycles. The minimum absolute atomic E-state index is 0.119. The largest absolute Gasteiger partial charge is 0.493 e. The Morgan fingerprint density at radius 1 is 1.30 bits per heavy atom. The lowest BCUT2D eigenvalue weighted by molar-refractivity contribution is 0.0994. The second-order valence-electron chi connectivity index (χ2n) is 4.73. The first-order valence-corrected chi connectivity index (χ1v) is 6.82. The van der Waals surface area contributed by atoms with E-state index in [1.807, 2.05) is 18.2 Å². The summed E-state index contributed by atoms with van der Waals surface area (Å²) in [6.07, 6.45) is 8.30. The van der Waals surface area contributed by atoms with Crippen LogP contribution in [0.2, 0.25) is 0 Å². The van der Waals surface area contributed by atoms with Crippen molar-refractivity contribution < 1.29 is 9.90 Å². The number of azo groups is 1. The number of benzene rings is 1. The molecule has 0 bridgehead atoms. The van der Waals surface area contributed by atoms with E-state index in [9.17, 15) is 9.90 Å². The number of rotatable bonds is 3. The molecule has 1 N–H and O–H groups in total. The van der Waals surface area contributed by atoms with Crippen molar-refractivity contribution in [3.8, 4) is 18.2 Å². The topological polar surface area (TPSA) is 79.8 Å². The lowest BCUT2D eigenvalue weighted by atomic mass is 10.2. The van der Waals surface area contributed by atoms with Crippen LogP contribution in [0.1, 0.15) is 10.4 Å². The highest BCUT2D eigenvalue weighted by Crippen LogP contribution is 2.38. The number of amides is 1. The van der Waals surface area contributed by atoms with E-state index in [0.29, 0.717) is 10.9 Å². The first-order chi connectivity index (χ1) is 11.2. The van der Waals surface area contributed by atoms with E-state index in [4.69, 9.17) is 6.42 Å². The van der Waals surface area contributed by atoms with E-state index < -0.39 is 5.91 Å². The summed E-state index contributed by atoms with van der Waals surface area (Å²) in [5.74, 6) is 1.82. The molecule has 6 heteroatoms. The van der Waals surface area contributed by atoms with Crippen LogP contribution in [0.4, 0.5) is 5.69 Å². The minimum Gasteiger partial charge on any atom is -0.493 e. The average Bonchev–Trinajstić information content (AvgIpc) is 2.86. The van der Waals surface area contributed by atoms with Crippen molar-refractivity contribution in [2.24, 2.45) is 10.2 Å². The summed E-state index contributed by atoms with van der Waals surface area (Å²) < 4.78 is 1.54. The zero-order valence-electron chi connectivity index (χ0n) is 12.0. The Bertz CT molecular complexity index is 936. The van der Waals surface area contributed by atoms with Gasteiger partial charge in [0.15, 0.2) is 5.69 Å². The highest BCUT2D eigenvalue weighted by molar-refractivity contribution is 5.97. The Balaban J connectivity index is 2.04. The van der Waals surface area contributed by atoms with Gasteiger partial charge in [-0.05, 0) is 18.2 Å². The van der Waals surface area contributed by atoms with Crippen LogP contribution in [-0.2, 0) is 6.54 Å². The van der Waals surface area contributed by atoms with Gasteiger partial charge in [0.1, 0.15) is 0 Å². The molecule has 0 saturated heterocycles. The molecule has 0 atom stereocenters. The predicted octanol–water partition coefficient (Wildman–Crippen LogP) is 3.30. The van der Waals surface area contributed by atoms with E-state index in [0.717, 1.165) is 5.52 Å². The number of nitrogens with zero attached hydrogens (tertiary/aromatic N) is 4. The Morgan fingerprint density at radius 3 is 2.87 bits per heavy atom. The average molecular weight is 304 g/mol. The predicted molar refractivity (Wildman–Crippen MR) is 85.5 cm³/mol. The molecule has 1 amide bonds. The summed E-state index contributed by atoms with van der Waals surface area (Å²) in [6, 6.07) is 10.5. The fourth-order valence-corrected chi connectivity index (χ4v) is 2.26. The van der Waals surface area contributed by atoms with Crippen LogP contribution < -0.4 is 0 Å². The molecule has 0 aliphatic heterocycles. The molecule has 0 saturated carbocycles. The Kier molecular flexibility index (Phi) is 3.85. The molecule has 2 aromatic heterocycles. The maximum atomic E-state index is 12.0. The van der Waals surface area contributed by atoms with Crippen molar-refractivity contribution in [1.29, 1.82) is 0 Å². The first-order valence-electron chi connectivity index (χ1n) is 6.82. The summed E-state index contributed by atoms with van der Waals surface area (Å²) in [6.45, 7) is 0.193. The molecule has 0 fully saturated rings. The third-order valence-corrected chi connectivity index (χ3v) is 3.32. The Hall–Kier alpha value is -3.46. The maximum Gasteiger partial charge on any atom is 0.296 e. The van der Waals surface area contributed by atoms with Crippen LogP contribution in [0.5, 0.6) is 5.88 Å². The van der Waals surface area contributed by atoms with E-state index in [1.54, 1.807) is 24.4 Å². The highest BCUT2D eigenvalue weighted by atomic mass is 16.3. The molecule has 2 heterocycles. The summed E-state index contributed by atoms with van der Waals surface area (Å²) in [7, 11) is 0. The molecule has 3 rings (SSSR count). The van der Waals surface area contributed by atoms with Gasteiger partial charge in [-0.3, -0.25) is 14.3 Å². The molecule has 0 radical (unpaired) electrons. The first kappa shape index (κ1) is 14.5. The smallest absolute Gasteiger partial charge is 0.296 e. The van der Waals surface area contributed by atoms with Gasteiger partial charge in [-0.15, -0.1) is 16.7 Å². The molecule has 3 aromatic rings. The van der Waals surface area contributed by atoms with Crippen LogP contribution in [0.3, 0.4) is 0 Å². The zero-order chi connectivity index (χ0) is 16.2. The summed E-state index contributed by atoms with van der Waals surface area (Å²) in [4.78, 5) is 15.8. The van der Waals surface area contributed by atoms with Gasteiger partial charge in [-0.25, -0.2) is 0 Å². The second-order valence-corrected chi connectivity index (χ2v) is 4.73. The number of carbonyl (C=O) groups excluding carboxylic acids is 1. The summed E-state index contributed by atoms with van der Waals surface area (Å²) >= 11 is 0. The van der Waals surface area contributed by atoms with Crippen molar-refractivity contribution >= 4 is 22.5 Å². The van der Waals surface area contributed by atoms with E-state index in [-0.39, 0.29) is 18.1 Å².